The van der Waals surface area contributed by atoms with E-state index in [4.69, 9.17) is 18.6 Å². The third-order valence-electron chi connectivity index (χ3n) is 11.6. The Morgan fingerprint density at radius 1 is 1.17 bits per heavy atom. The first-order valence-corrected chi connectivity index (χ1v) is 14.9. The van der Waals surface area contributed by atoms with Crippen LogP contribution in [0.1, 0.15) is 85.6 Å². The molecule has 2 unspecified atom stereocenters. The summed E-state index contributed by atoms with van der Waals surface area (Å²) in [5.74, 6) is -3.29. The zero-order chi connectivity index (χ0) is 29.7. The molecular weight excluding hydrogens is 524 g/mol. The van der Waals surface area contributed by atoms with E-state index in [1.54, 1.807) is 32.4 Å². The molecule has 8 heteroatoms. The van der Waals surface area contributed by atoms with Crippen molar-refractivity contribution in [3.8, 4) is 0 Å². The van der Waals surface area contributed by atoms with Crippen molar-refractivity contribution in [3.05, 3.63) is 47.5 Å². The van der Waals surface area contributed by atoms with Crippen molar-refractivity contribution in [3.63, 3.8) is 0 Å². The molecule has 4 aliphatic carbocycles. The van der Waals surface area contributed by atoms with Crippen molar-refractivity contribution in [1.82, 2.24) is 0 Å². The van der Waals surface area contributed by atoms with E-state index in [-0.39, 0.29) is 42.3 Å². The first-order valence-electron chi connectivity index (χ1n) is 14.9. The Labute approximate surface area is 241 Å². The van der Waals surface area contributed by atoms with Gasteiger partial charge in [0.1, 0.15) is 5.78 Å². The van der Waals surface area contributed by atoms with Crippen LogP contribution in [0.3, 0.4) is 0 Å². The van der Waals surface area contributed by atoms with Gasteiger partial charge < -0.3 is 23.7 Å². The molecule has 0 aromatic carbocycles. The third-order valence-corrected chi connectivity index (χ3v) is 11.6. The number of Topliss-reactive ketones (excluding diaryl/α,β-unsaturated/α-hetero) is 1. The van der Waals surface area contributed by atoms with Gasteiger partial charge in [-0.3, -0.25) is 9.59 Å². The second kappa shape index (κ2) is 9.14. The minimum Gasteiger partial charge on any atom is -0.472 e. The van der Waals surface area contributed by atoms with Gasteiger partial charge in [0, 0.05) is 36.7 Å². The molecule has 1 N–H and O–H groups in total. The molecule has 1 aliphatic heterocycles. The molecule has 0 amide bonds. The topological polar surface area (TPSA) is 112 Å². The Bertz CT molecular complexity index is 1340. The van der Waals surface area contributed by atoms with Crippen LogP contribution in [-0.4, -0.2) is 46.9 Å². The maximum atomic E-state index is 14.5. The highest BCUT2D eigenvalue weighted by molar-refractivity contribution is 5.91. The van der Waals surface area contributed by atoms with E-state index in [1.165, 1.54) is 6.92 Å². The first kappa shape index (κ1) is 28.4. The third kappa shape index (κ3) is 3.62. The van der Waals surface area contributed by atoms with Crippen molar-refractivity contribution in [1.29, 1.82) is 0 Å². The number of fused-ring (bicyclic) bond motifs is 3. The van der Waals surface area contributed by atoms with E-state index in [2.05, 4.69) is 26.8 Å². The van der Waals surface area contributed by atoms with Crippen LogP contribution in [0, 0.1) is 34.0 Å². The molecule has 41 heavy (non-hydrogen) atoms. The van der Waals surface area contributed by atoms with E-state index in [0.717, 1.165) is 17.6 Å². The zero-order valence-electron chi connectivity index (χ0n) is 25.1. The van der Waals surface area contributed by atoms with Crippen LogP contribution < -0.4 is 0 Å². The number of ketones is 1. The summed E-state index contributed by atoms with van der Waals surface area (Å²) >= 11 is 0. The molecule has 222 valence electrons. The van der Waals surface area contributed by atoms with Gasteiger partial charge in [-0.1, -0.05) is 38.5 Å². The smallest absolute Gasteiger partial charge is 0.333 e. The molecule has 2 heterocycles. The van der Waals surface area contributed by atoms with Gasteiger partial charge in [0.05, 0.1) is 24.0 Å². The summed E-state index contributed by atoms with van der Waals surface area (Å²) in [6.45, 7) is 13.1. The number of hydrogen-bond donors (Lipinski definition) is 1. The van der Waals surface area contributed by atoms with Gasteiger partial charge in [-0.2, -0.15) is 0 Å². The maximum absolute atomic E-state index is 14.5. The average molecular weight is 567 g/mol. The van der Waals surface area contributed by atoms with Gasteiger partial charge in [0.15, 0.2) is 12.2 Å². The van der Waals surface area contributed by atoms with Crippen LogP contribution in [-0.2, 0) is 28.6 Å². The van der Waals surface area contributed by atoms with Crippen LogP contribution in [0.5, 0.6) is 0 Å². The highest BCUT2D eigenvalue weighted by atomic mass is 16.7. The number of ether oxygens (including phenoxy) is 3. The Morgan fingerprint density at radius 2 is 1.90 bits per heavy atom. The predicted octanol–water partition coefficient (Wildman–Crippen LogP) is 5.26. The summed E-state index contributed by atoms with van der Waals surface area (Å²) < 4.78 is 24.2. The number of carbonyl (C=O) groups excluding carboxylic acids is 3. The number of allylic oxidation sites excluding steroid dienone is 3. The average Bonchev–Trinajstić information content (AvgIpc) is 3.57. The molecule has 1 saturated heterocycles. The molecule has 1 spiro atoms. The van der Waals surface area contributed by atoms with Gasteiger partial charge in [0.2, 0.25) is 5.79 Å². The quantitative estimate of drug-likeness (QED) is 0.292. The highest BCUT2D eigenvalue weighted by Crippen LogP contribution is 2.76. The monoisotopic (exact) mass is 566 g/mol. The van der Waals surface area contributed by atoms with Crippen molar-refractivity contribution in [2.45, 2.75) is 104 Å². The summed E-state index contributed by atoms with van der Waals surface area (Å²) in [6.07, 6.45) is 6.34. The SMILES string of the molecule is C/C=C(/C)C(=O)O[C@H]1[C@H](OC(C)=O)[C@@]23C[C@@]1(O)OC1C[C@]4(C)C(=CC[C@H]4c4ccoc4)[C@](C)(C(=O)C[C@H]2C(C)C)C13. The molecule has 5 aliphatic rings. The molecular formula is C33H42O8. The fourth-order valence-corrected chi connectivity index (χ4v) is 10.0. The van der Waals surface area contributed by atoms with Gasteiger partial charge >= 0.3 is 11.9 Å². The molecule has 0 radical (unpaired) electrons. The van der Waals surface area contributed by atoms with Crippen molar-refractivity contribution in [2.75, 3.05) is 0 Å². The van der Waals surface area contributed by atoms with E-state index in [1.807, 2.05) is 13.0 Å². The van der Waals surface area contributed by atoms with E-state index in [9.17, 15) is 19.5 Å². The lowest BCUT2D eigenvalue weighted by Gasteiger charge is -2.66. The number of carbonyl (C=O) groups is 3. The largest absolute Gasteiger partial charge is 0.472 e. The van der Waals surface area contributed by atoms with Crippen LogP contribution in [0.2, 0.25) is 0 Å². The lowest BCUT2D eigenvalue weighted by molar-refractivity contribution is -0.322. The van der Waals surface area contributed by atoms with E-state index >= 15 is 0 Å². The van der Waals surface area contributed by atoms with Crippen LogP contribution >= 0.6 is 0 Å². The number of esters is 2. The van der Waals surface area contributed by atoms with Crippen molar-refractivity contribution < 1.29 is 38.1 Å². The van der Waals surface area contributed by atoms with Crippen LogP contribution in [0.15, 0.2) is 46.3 Å². The van der Waals surface area contributed by atoms with Crippen molar-refractivity contribution in [2.24, 2.45) is 34.0 Å². The fourth-order valence-electron chi connectivity index (χ4n) is 10.0. The summed E-state index contributed by atoms with van der Waals surface area (Å²) in [5, 5.41) is 12.3. The molecule has 1 aromatic heterocycles. The van der Waals surface area contributed by atoms with Gasteiger partial charge in [-0.25, -0.2) is 4.79 Å². The molecule has 8 nitrogen and oxygen atoms in total. The lowest BCUT2D eigenvalue weighted by Crippen LogP contribution is -2.69. The molecule has 1 aromatic rings. The Hall–Kier alpha value is -2.71. The Balaban J connectivity index is 1.56. The Morgan fingerprint density at radius 3 is 2.51 bits per heavy atom. The van der Waals surface area contributed by atoms with Gasteiger partial charge in [-0.05, 0) is 68.4 Å². The molecule has 4 fully saturated rings. The fraction of sp³-hybridized carbons (Fsp3) is 0.667. The standard InChI is InChI=1S/C33H42O8/c1-8-18(4)29(36)40-28-27(39-19(5)34)32-16-33(28,37)41-23-14-30(6)21(20-11-12-38-15-20)9-10-24(30)31(7,26(23)32)25(35)13-22(32)17(2)3/h8,10-12,15,17,21-23,26-28,37H,9,13-14,16H2,1-7H3/b18-8-/t21-,22-,23?,26?,27-,28-,30-,31+,32-,33+/m0/s1. The number of furan rings is 1. The number of rotatable bonds is 5. The normalized spacial score (nSPS) is 44.8. The molecule has 2 bridgehead atoms. The zero-order valence-corrected chi connectivity index (χ0v) is 25.1. The summed E-state index contributed by atoms with van der Waals surface area (Å²) in [4.78, 5) is 40.3. The Kier molecular flexibility index (Phi) is 6.34. The predicted molar refractivity (Wildman–Crippen MR) is 148 cm³/mol. The van der Waals surface area contributed by atoms with Gasteiger partial charge in [-0.15, -0.1) is 0 Å². The molecule has 10 atom stereocenters. The number of aliphatic hydroxyl groups is 1. The summed E-state index contributed by atoms with van der Waals surface area (Å²) in [7, 11) is 0. The second-order valence-electron chi connectivity index (χ2n) is 13.9. The van der Waals surface area contributed by atoms with Crippen molar-refractivity contribution >= 4 is 17.7 Å². The van der Waals surface area contributed by atoms with E-state index < -0.39 is 52.3 Å². The highest BCUT2D eigenvalue weighted by Gasteiger charge is 2.82. The number of hydrogen-bond acceptors (Lipinski definition) is 8. The summed E-state index contributed by atoms with van der Waals surface area (Å²) in [6, 6.07) is 1.98. The molecule has 6 rings (SSSR count). The van der Waals surface area contributed by atoms with Gasteiger partial charge in [0.25, 0.3) is 0 Å². The minimum absolute atomic E-state index is 0.0424. The maximum Gasteiger partial charge on any atom is 0.333 e. The summed E-state index contributed by atoms with van der Waals surface area (Å²) in [5.41, 5.74) is 0.391. The van der Waals surface area contributed by atoms with Crippen LogP contribution in [0.4, 0.5) is 0 Å². The van der Waals surface area contributed by atoms with E-state index in [0.29, 0.717) is 12.0 Å². The second-order valence-corrected chi connectivity index (χ2v) is 13.9. The first-order chi connectivity index (χ1) is 19.2. The minimum atomic E-state index is -1.87. The van der Waals surface area contributed by atoms with Crippen LogP contribution in [0.25, 0.3) is 0 Å². The lowest BCUT2D eigenvalue weighted by atomic mass is 9.39. The molecule has 3 saturated carbocycles.